The van der Waals surface area contributed by atoms with Gasteiger partial charge >= 0.3 is 5.97 Å². The number of hydrazone groups is 1. The zero-order valence-corrected chi connectivity index (χ0v) is 14.7. The number of fused-ring (bicyclic) bond motifs is 5. The molecule has 0 radical (unpaired) electrons. The van der Waals surface area contributed by atoms with Gasteiger partial charge in [-0.05, 0) is 42.5 Å². The van der Waals surface area contributed by atoms with Crippen LogP contribution in [0.25, 0.3) is 11.3 Å². The number of rotatable bonds is 4. The van der Waals surface area contributed by atoms with E-state index in [0.717, 1.165) is 17.0 Å². The Morgan fingerprint density at radius 2 is 1.68 bits per heavy atom. The molecular weight excluding hydrogens is 360 g/mol. The van der Waals surface area contributed by atoms with E-state index in [0.29, 0.717) is 11.5 Å². The van der Waals surface area contributed by atoms with E-state index in [4.69, 9.17) is 9.52 Å². The van der Waals surface area contributed by atoms with E-state index in [1.807, 2.05) is 12.2 Å². The summed E-state index contributed by atoms with van der Waals surface area (Å²) in [7, 11) is 0. The first-order chi connectivity index (χ1) is 13.5. The number of nitrogens with zero attached hydrogens (tertiary/aromatic N) is 2. The van der Waals surface area contributed by atoms with E-state index in [-0.39, 0.29) is 41.0 Å². The summed E-state index contributed by atoms with van der Waals surface area (Å²) in [5.74, 6) is -0.788. The molecule has 4 unspecified atom stereocenters. The number of furan rings is 1. The van der Waals surface area contributed by atoms with Crippen molar-refractivity contribution in [2.45, 2.75) is 6.42 Å². The molecule has 2 fully saturated rings. The van der Waals surface area contributed by atoms with E-state index >= 15 is 0 Å². The van der Waals surface area contributed by atoms with Gasteiger partial charge in [-0.3, -0.25) is 9.59 Å². The Bertz CT molecular complexity index is 1020. The van der Waals surface area contributed by atoms with E-state index in [9.17, 15) is 14.4 Å². The van der Waals surface area contributed by atoms with Crippen molar-refractivity contribution in [1.82, 2.24) is 5.01 Å². The highest BCUT2D eigenvalue weighted by molar-refractivity contribution is 6.06. The van der Waals surface area contributed by atoms with Gasteiger partial charge in [-0.25, -0.2) is 4.79 Å². The van der Waals surface area contributed by atoms with Crippen molar-refractivity contribution in [2.75, 3.05) is 0 Å². The molecule has 7 heteroatoms. The second-order valence-electron chi connectivity index (χ2n) is 7.32. The third-order valence-corrected chi connectivity index (χ3v) is 5.79. The number of carbonyl (C=O) groups is 3. The largest absolute Gasteiger partial charge is 0.478 e. The zero-order valence-electron chi connectivity index (χ0n) is 14.7. The number of carboxylic acid groups (broad SMARTS) is 1. The van der Waals surface area contributed by atoms with Crippen LogP contribution in [0, 0.1) is 23.7 Å². The van der Waals surface area contributed by atoms with Crippen LogP contribution in [0.2, 0.25) is 0 Å². The lowest BCUT2D eigenvalue weighted by molar-refractivity contribution is -0.140. The standard InChI is InChI=1S/C21H16N2O5/c24-19-17-13-5-6-14(9-13)18(17)20(25)23(19)22-10-15-7-8-16(28-15)11-1-3-12(4-2-11)21(26)27/h1-8,10,13-14,17-18H,9H2,(H,26,27)/b22-10+. The highest BCUT2D eigenvalue weighted by Crippen LogP contribution is 2.52. The van der Waals surface area contributed by atoms with Crippen molar-refractivity contribution in [3.63, 3.8) is 0 Å². The van der Waals surface area contributed by atoms with Crippen LogP contribution < -0.4 is 0 Å². The first-order valence-electron chi connectivity index (χ1n) is 9.06. The van der Waals surface area contributed by atoms with Gasteiger partial charge in [0.15, 0.2) is 0 Å². The molecule has 1 saturated heterocycles. The highest BCUT2D eigenvalue weighted by Gasteiger charge is 2.59. The van der Waals surface area contributed by atoms with E-state index in [1.165, 1.54) is 18.3 Å². The third kappa shape index (κ3) is 2.43. The van der Waals surface area contributed by atoms with Crippen LogP contribution in [-0.4, -0.2) is 34.1 Å². The Morgan fingerprint density at radius 3 is 2.29 bits per heavy atom. The second kappa shape index (κ2) is 6.02. The lowest BCUT2D eigenvalue weighted by Crippen LogP contribution is -2.28. The minimum Gasteiger partial charge on any atom is -0.478 e. The number of carboxylic acids is 1. The Morgan fingerprint density at radius 1 is 1.04 bits per heavy atom. The molecule has 2 aromatic rings. The van der Waals surface area contributed by atoms with Crippen molar-refractivity contribution >= 4 is 24.0 Å². The summed E-state index contributed by atoms with van der Waals surface area (Å²) in [6, 6.07) is 9.71. The highest BCUT2D eigenvalue weighted by atomic mass is 16.4. The number of aromatic carboxylic acids is 1. The first kappa shape index (κ1) is 16.7. The van der Waals surface area contributed by atoms with Crippen molar-refractivity contribution in [1.29, 1.82) is 0 Å². The molecule has 1 N–H and O–H groups in total. The molecule has 1 aromatic carbocycles. The van der Waals surface area contributed by atoms with Crippen LogP contribution in [0.5, 0.6) is 0 Å². The van der Waals surface area contributed by atoms with Crippen LogP contribution in [0.3, 0.4) is 0 Å². The van der Waals surface area contributed by atoms with Crippen molar-refractivity contribution < 1.29 is 23.9 Å². The Kier molecular flexibility index (Phi) is 3.58. The van der Waals surface area contributed by atoms with Gasteiger partial charge < -0.3 is 9.52 Å². The molecule has 2 amide bonds. The quantitative estimate of drug-likeness (QED) is 0.502. The van der Waals surface area contributed by atoms with Crippen molar-refractivity contribution in [3.05, 3.63) is 59.9 Å². The van der Waals surface area contributed by atoms with Gasteiger partial charge in [-0.15, -0.1) is 0 Å². The predicted octanol–water partition coefficient (Wildman–Crippen LogP) is 2.79. The minimum absolute atomic E-state index is 0.149. The van der Waals surface area contributed by atoms with Gasteiger partial charge in [0.25, 0.3) is 11.8 Å². The average Bonchev–Trinajstić information content (AvgIpc) is 3.46. The van der Waals surface area contributed by atoms with Gasteiger partial charge in [0.1, 0.15) is 11.5 Å². The maximum absolute atomic E-state index is 12.6. The topological polar surface area (TPSA) is 100 Å². The molecule has 5 rings (SSSR count). The van der Waals surface area contributed by atoms with Crippen LogP contribution in [-0.2, 0) is 9.59 Å². The molecule has 2 heterocycles. The summed E-state index contributed by atoms with van der Waals surface area (Å²) >= 11 is 0. The lowest BCUT2D eigenvalue weighted by Gasteiger charge is -2.13. The summed E-state index contributed by atoms with van der Waals surface area (Å²) in [6.45, 7) is 0. The van der Waals surface area contributed by atoms with Gasteiger partial charge in [-0.1, -0.05) is 24.3 Å². The SMILES string of the molecule is O=C(O)c1ccc(-c2ccc(/C=N/N3C(=O)C4C5C=CC(C5)C4C3=O)o2)cc1. The monoisotopic (exact) mass is 376 g/mol. The van der Waals surface area contributed by atoms with Crippen LogP contribution in [0.4, 0.5) is 0 Å². The number of hydrogen-bond donors (Lipinski definition) is 1. The molecule has 28 heavy (non-hydrogen) atoms. The summed E-state index contributed by atoms with van der Waals surface area (Å²) in [5, 5.41) is 14.0. The number of benzene rings is 1. The lowest BCUT2D eigenvalue weighted by atomic mass is 9.85. The summed E-state index contributed by atoms with van der Waals surface area (Å²) < 4.78 is 5.69. The van der Waals surface area contributed by atoms with Crippen molar-refractivity contribution in [2.24, 2.45) is 28.8 Å². The molecule has 1 aliphatic heterocycles. The van der Waals surface area contributed by atoms with Gasteiger partial charge in [0, 0.05) is 5.56 Å². The Balaban J connectivity index is 1.33. The molecule has 140 valence electrons. The molecule has 0 spiro atoms. The molecular formula is C21H16N2O5. The Labute approximate surface area is 159 Å². The molecule has 3 aliphatic rings. The van der Waals surface area contributed by atoms with E-state index in [1.54, 1.807) is 24.3 Å². The van der Waals surface area contributed by atoms with Gasteiger partial charge in [-0.2, -0.15) is 10.1 Å². The molecule has 7 nitrogen and oxygen atoms in total. The molecule has 1 saturated carbocycles. The summed E-state index contributed by atoms with van der Waals surface area (Å²) in [5.41, 5.74) is 0.910. The first-order valence-corrected chi connectivity index (χ1v) is 9.06. The fourth-order valence-corrected chi connectivity index (χ4v) is 4.47. The Hall–Kier alpha value is -3.48. The summed E-state index contributed by atoms with van der Waals surface area (Å²) in [4.78, 5) is 36.1. The van der Waals surface area contributed by atoms with E-state index in [2.05, 4.69) is 5.10 Å². The molecule has 1 aromatic heterocycles. The second-order valence-corrected chi connectivity index (χ2v) is 7.32. The zero-order chi connectivity index (χ0) is 19.4. The van der Waals surface area contributed by atoms with Gasteiger partial charge in [0.05, 0.1) is 23.6 Å². The van der Waals surface area contributed by atoms with Crippen LogP contribution >= 0.6 is 0 Å². The van der Waals surface area contributed by atoms with Gasteiger partial charge in [0.2, 0.25) is 0 Å². The predicted molar refractivity (Wildman–Crippen MR) is 98.3 cm³/mol. The summed E-state index contributed by atoms with van der Waals surface area (Å²) in [6.07, 6.45) is 6.32. The maximum Gasteiger partial charge on any atom is 0.335 e. The number of imide groups is 1. The average molecular weight is 376 g/mol. The smallest absolute Gasteiger partial charge is 0.335 e. The molecule has 4 atom stereocenters. The normalized spacial score (nSPS) is 27.9. The number of allylic oxidation sites excluding steroid dienone is 2. The fraction of sp³-hybridized carbons (Fsp3) is 0.238. The van der Waals surface area contributed by atoms with Crippen LogP contribution in [0.15, 0.2) is 58.1 Å². The molecule has 2 bridgehead atoms. The number of amides is 2. The third-order valence-electron chi connectivity index (χ3n) is 5.79. The van der Waals surface area contributed by atoms with E-state index < -0.39 is 5.97 Å². The number of carbonyl (C=O) groups excluding carboxylic acids is 2. The fourth-order valence-electron chi connectivity index (χ4n) is 4.47. The molecule has 2 aliphatic carbocycles. The van der Waals surface area contributed by atoms with Crippen LogP contribution in [0.1, 0.15) is 22.5 Å². The maximum atomic E-state index is 12.6. The minimum atomic E-state index is -0.993. The number of hydrogen-bond acceptors (Lipinski definition) is 5. The van der Waals surface area contributed by atoms with Crippen molar-refractivity contribution in [3.8, 4) is 11.3 Å².